The lowest BCUT2D eigenvalue weighted by Gasteiger charge is -2.51. The van der Waals surface area contributed by atoms with E-state index in [-0.39, 0.29) is 47.5 Å². The number of carbonyl (C=O) groups excluding carboxylic acids is 2. The zero-order chi connectivity index (χ0) is 30.9. The molecule has 0 saturated carbocycles. The highest BCUT2D eigenvalue weighted by molar-refractivity contribution is 6.83. The van der Waals surface area contributed by atoms with Crippen LogP contribution in [0, 0.1) is 0 Å². The molecular formula is C26H47F3N4O6Si2. The maximum Gasteiger partial charge on any atom is 0.471 e. The third-order valence-corrected chi connectivity index (χ3v) is 18.4. The summed E-state index contributed by atoms with van der Waals surface area (Å²) in [5, 5.41) is 7.52. The number of halogens is 3. The second kappa shape index (κ2) is 13.0. The Morgan fingerprint density at radius 3 is 2.12 bits per heavy atom. The van der Waals surface area contributed by atoms with Crippen LogP contribution in [0.15, 0.2) is 11.8 Å². The summed E-state index contributed by atoms with van der Waals surface area (Å²) in [5.41, 5.74) is 1.37. The van der Waals surface area contributed by atoms with Crippen LogP contribution in [-0.2, 0) is 22.5 Å². The average Bonchev–Trinajstić information content (AvgIpc) is 3.21. The van der Waals surface area contributed by atoms with Crippen LogP contribution >= 0.6 is 0 Å². The van der Waals surface area contributed by atoms with Crippen molar-refractivity contribution >= 4 is 29.1 Å². The molecule has 2 saturated heterocycles. The zero-order valence-corrected chi connectivity index (χ0v) is 27.6. The predicted octanol–water partition coefficient (Wildman–Crippen LogP) is 4.58. The Bertz CT molecular complexity index is 965. The molecule has 0 aromatic rings. The molecule has 0 aromatic heterocycles. The highest BCUT2D eigenvalue weighted by Crippen LogP contribution is 2.47. The Morgan fingerprint density at radius 1 is 1.02 bits per heavy atom. The minimum atomic E-state index is -4.94. The molecule has 0 aliphatic carbocycles. The van der Waals surface area contributed by atoms with E-state index < -0.39 is 47.6 Å². The number of hydrogen-bond donors (Lipinski definition) is 3. The second-order valence-electron chi connectivity index (χ2n) is 12.3. The average molecular weight is 625 g/mol. The van der Waals surface area contributed by atoms with Gasteiger partial charge in [-0.3, -0.25) is 15.0 Å². The number of carbonyl (C=O) groups is 2. The molecule has 0 radical (unpaired) electrons. The van der Waals surface area contributed by atoms with E-state index >= 15 is 0 Å². The number of alkyl halides is 3. The van der Waals surface area contributed by atoms with Gasteiger partial charge in [0.1, 0.15) is 18.5 Å². The lowest BCUT2D eigenvalue weighted by atomic mass is 10.1. The summed E-state index contributed by atoms with van der Waals surface area (Å²) in [6, 6.07) is -0.400. The number of allylic oxidation sites excluding steroid dienone is 1. The standard InChI is InChI=1S/C26H47F3N4O6Si2/c1-15(2)40(16(3)4)36-14-21-20(38-41(39-40,17(5)6)18(7)8)13-23(37-21)33-19(9)12-22(32-25(33)35)30-10-11-31-24(34)26(27,28)29/h12,15-18,20-23,30H,10-11,13-14H2,1-9H3,(H,31,34)(H,32,35)/t20-,21+,22?,23+/m0/s1. The van der Waals surface area contributed by atoms with Crippen LogP contribution in [0.25, 0.3) is 0 Å². The molecule has 15 heteroatoms. The van der Waals surface area contributed by atoms with Crippen LogP contribution in [0.1, 0.15) is 68.7 Å². The van der Waals surface area contributed by atoms with Gasteiger partial charge in [0.15, 0.2) is 0 Å². The Hall–Kier alpha value is -1.50. The molecule has 3 amide bonds. The molecule has 3 aliphatic heterocycles. The van der Waals surface area contributed by atoms with E-state index in [1.807, 2.05) is 0 Å². The van der Waals surface area contributed by atoms with Crippen molar-refractivity contribution < 1.29 is 40.5 Å². The summed E-state index contributed by atoms with van der Waals surface area (Å²) in [7, 11) is -5.53. The van der Waals surface area contributed by atoms with Gasteiger partial charge in [0.25, 0.3) is 0 Å². The van der Waals surface area contributed by atoms with Crippen molar-refractivity contribution in [2.45, 2.75) is 122 Å². The molecule has 41 heavy (non-hydrogen) atoms. The van der Waals surface area contributed by atoms with E-state index in [0.29, 0.717) is 18.7 Å². The van der Waals surface area contributed by atoms with Crippen LogP contribution in [0.3, 0.4) is 0 Å². The van der Waals surface area contributed by atoms with Crippen molar-refractivity contribution in [3.8, 4) is 0 Å². The fourth-order valence-electron chi connectivity index (χ4n) is 5.99. The van der Waals surface area contributed by atoms with E-state index in [1.54, 1.807) is 23.2 Å². The molecule has 1 unspecified atom stereocenters. The molecule has 0 bridgehead atoms. The van der Waals surface area contributed by atoms with Crippen molar-refractivity contribution in [2.24, 2.45) is 0 Å². The van der Waals surface area contributed by atoms with Gasteiger partial charge in [0.05, 0.1) is 12.7 Å². The molecule has 10 nitrogen and oxygen atoms in total. The fourth-order valence-corrected chi connectivity index (χ4v) is 17.2. The number of ether oxygens (including phenoxy) is 1. The van der Waals surface area contributed by atoms with Crippen molar-refractivity contribution in [3.05, 3.63) is 11.8 Å². The molecule has 3 aliphatic rings. The molecule has 3 rings (SSSR count). The Labute approximate surface area is 243 Å². The first-order valence-electron chi connectivity index (χ1n) is 14.5. The molecule has 0 aromatic carbocycles. The topological polar surface area (TPSA) is 110 Å². The summed E-state index contributed by atoms with van der Waals surface area (Å²) < 4.78 is 64.6. The molecule has 4 atom stereocenters. The maximum atomic E-state index is 13.2. The molecule has 3 heterocycles. The molecule has 236 valence electrons. The maximum absolute atomic E-state index is 13.2. The Morgan fingerprint density at radius 2 is 1.61 bits per heavy atom. The van der Waals surface area contributed by atoms with E-state index in [0.717, 1.165) is 0 Å². The molecular weight excluding hydrogens is 577 g/mol. The van der Waals surface area contributed by atoms with Crippen molar-refractivity contribution in [3.63, 3.8) is 0 Å². The first kappa shape index (κ1) is 34.0. The van der Waals surface area contributed by atoms with Gasteiger partial charge in [0.2, 0.25) is 0 Å². The van der Waals surface area contributed by atoms with Gasteiger partial charge >= 0.3 is 35.2 Å². The summed E-state index contributed by atoms with van der Waals surface area (Å²) in [6.07, 6.45) is -4.61. The number of rotatable bonds is 9. The number of nitrogens with one attached hydrogen (secondary N) is 3. The number of urea groups is 1. The Balaban J connectivity index is 1.76. The van der Waals surface area contributed by atoms with Crippen molar-refractivity contribution in [1.29, 1.82) is 0 Å². The highest BCUT2D eigenvalue weighted by atomic mass is 28.5. The van der Waals surface area contributed by atoms with Crippen LogP contribution in [0.2, 0.25) is 22.2 Å². The molecule has 0 spiro atoms. The van der Waals surface area contributed by atoms with E-state index in [4.69, 9.17) is 17.7 Å². The number of amides is 3. The smallest absolute Gasteiger partial charge is 0.414 e. The molecule has 2 fully saturated rings. The third-order valence-electron chi connectivity index (χ3n) is 8.13. The summed E-state index contributed by atoms with van der Waals surface area (Å²) in [6.45, 7) is 19.1. The van der Waals surface area contributed by atoms with Gasteiger partial charge in [-0.2, -0.15) is 13.2 Å². The van der Waals surface area contributed by atoms with E-state index in [2.05, 4.69) is 66.0 Å². The predicted molar refractivity (Wildman–Crippen MR) is 152 cm³/mol. The number of fused-ring (bicyclic) bond motifs is 1. The Kier molecular flexibility index (Phi) is 10.8. The van der Waals surface area contributed by atoms with Gasteiger partial charge in [-0.25, -0.2) is 4.79 Å². The van der Waals surface area contributed by atoms with Gasteiger partial charge in [0, 0.05) is 25.2 Å². The van der Waals surface area contributed by atoms with E-state index in [1.165, 1.54) is 0 Å². The lowest BCUT2D eigenvalue weighted by molar-refractivity contribution is -0.173. The van der Waals surface area contributed by atoms with Crippen molar-refractivity contribution in [1.82, 2.24) is 20.9 Å². The summed E-state index contributed by atoms with van der Waals surface area (Å²) >= 11 is 0. The first-order valence-corrected chi connectivity index (χ1v) is 18.4. The van der Waals surface area contributed by atoms with Crippen LogP contribution in [0.4, 0.5) is 18.0 Å². The SMILES string of the molecule is CC1=CC(NCCNC(=O)C(F)(F)F)NC(=O)N1[C@H]1C[C@@H]2O[Si](C(C)C)(C(C)C)O[Si](C(C)C)(C(C)C)OC[C@H]2O1. The minimum absolute atomic E-state index is 0.0280. The second-order valence-corrected chi connectivity index (χ2v) is 21.2. The van der Waals surface area contributed by atoms with Gasteiger partial charge in [-0.05, 0) is 35.2 Å². The van der Waals surface area contributed by atoms with E-state index in [9.17, 15) is 22.8 Å². The number of hydrogen-bond acceptors (Lipinski definition) is 7. The zero-order valence-electron chi connectivity index (χ0n) is 25.6. The lowest BCUT2D eigenvalue weighted by Crippen LogP contribution is -2.65. The minimum Gasteiger partial charge on any atom is -0.414 e. The largest absolute Gasteiger partial charge is 0.471 e. The van der Waals surface area contributed by atoms with Gasteiger partial charge in [-0.1, -0.05) is 55.4 Å². The molecule has 3 N–H and O–H groups in total. The highest BCUT2D eigenvalue weighted by Gasteiger charge is 2.60. The van der Waals surface area contributed by atoms with Crippen LogP contribution in [-0.4, -0.2) is 84.4 Å². The summed E-state index contributed by atoms with van der Waals surface area (Å²) in [5.74, 6) is -2.00. The van der Waals surface area contributed by atoms with Crippen LogP contribution < -0.4 is 16.0 Å². The van der Waals surface area contributed by atoms with Crippen LogP contribution in [0.5, 0.6) is 0 Å². The monoisotopic (exact) mass is 624 g/mol. The fraction of sp³-hybridized carbons (Fsp3) is 0.846. The van der Waals surface area contributed by atoms with Gasteiger partial charge in [-0.15, -0.1) is 0 Å². The van der Waals surface area contributed by atoms with Gasteiger partial charge < -0.3 is 28.3 Å². The normalized spacial score (nSPS) is 28.4. The number of nitrogens with zero attached hydrogens (tertiary/aromatic N) is 1. The summed E-state index contributed by atoms with van der Waals surface area (Å²) in [4.78, 5) is 25.7. The quantitative estimate of drug-likeness (QED) is 0.255. The van der Waals surface area contributed by atoms with Crippen molar-refractivity contribution in [2.75, 3.05) is 19.7 Å². The first-order chi connectivity index (χ1) is 18.9. The third kappa shape index (κ3) is 7.18.